The molecule has 3 saturated carbocycles. The average Bonchev–Trinajstić information content (AvgIpc) is 0.810. The van der Waals surface area contributed by atoms with E-state index < -0.39 is 75.7 Å². The fraction of sp³-hybridized carbons (Fsp3) is 0.451. The predicted molar refractivity (Wildman–Crippen MR) is 436 cm³/mol. The molecule has 8 aromatic rings. The molecule has 3 atom stereocenters. The smallest absolute Gasteiger partial charge is 0.341 e. The summed E-state index contributed by atoms with van der Waals surface area (Å²) in [4.78, 5) is 119. The molecular formula is C91H107F5N10O11. The van der Waals surface area contributed by atoms with E-state index in [4.69, 9.17) is 39.9 Å². The summed E-state index contributed by atoms with van der Waals surface area (Å²) in [5, 5.41) is 7.32. The number of benzene rings is 4. The van der Waals surface area contributed by atoms with E-state index in [0.29, 0.717) is 100 Å². The molecule has 12 rings (SSSR count). The van der Waals surface area contributed by atoms with Crippen molar-refractivity contribution in [1.29, 1.82) is 5.26 Å². The SMILES string of the molecule is C.CC#N.CC(C)(C)OC(=O)c1ccc(-c2nc(C3CCC(=O)CC3)cnc2N)cc1F.CC1=CCC(c2cnc(C)c(-c3ccc(C(=O)OC(C)(C)C)c(F)c3)n2)CC1.Cc1ncc(C2CCC(=O)C(F)C2)nc1-c1ccc(C(=O)OC(C)(C)C)c(F)c1.Cc1ncc(C2CCC(=O)CC2)nc1-c1ccc(C(=O)OC(C)(C)C)c(F)c1. The maximum absolute atomic E-state index is 14.6. The second kappa shape index (κ2) is 40.1. The number of nitrogens with zero attached hydrogens (tertiary/aromatic N) is 9. The van der Waals surface area contributed by atoms with E-state index in [2.05, 4.69) is 42.9 Å². The van der Waals surface area contributed by atoms with Crippen LogP contribution in [0.15, 0.2) is 109 Å². The van der Waals surface area contributed by atoms with Crippen molar-refractivity contribution in [3.05, 3.63) is 195 Å². The van der Waals surface area contributed by atoms with Gasteiger partial charge in [0.25, 0.3) is 0 Å². The first-order valence-electron chi connectivity index (χ1n) is 38.8. The van der Waals surface area contributed by atoms with Gasteiger partial charge in [-0.1, -0.05) is 43.3 Å². The second-order valence-electron chi connectivity index (χ2n) is 33.3. The van der Waals surface area contributed by atoms with Gasteiger partial charge >= 0.3 is 23.9 Å². The third kappa shape index (κ3) is 26.6. The van der Waals surface area contributed by atoms with Gasteiger partial charge in [-0.25, -0.2) is 66.1 Å². The molecule has 0 spiro atoms. The topological polar surface area (TPSA) is 309 Å². The Morgan fingerprint density at radius 3 is 0.991 bits per heavy atom. The Balaban J connectivity index is 0.000000212. The van der Waals surface area contributed by atoms with Crippen LogP contribution in [0.2, 0.25) is 0 Å². The first kappa shape index (κ1) is 92.9. The van der Waals surface area contributed by atoms with Crippen molar-refractivity contribution in [3.8, 4) is 51.1 Å². The molecule has 4 aromatic carbocycles. The molecule has 21 nitrogen and oxygen atoms in total. The van der Waals surface area contributed by atoms with Crippen LogP contribution in [0, 0.1) is 55.4 Å². The summed E-state index contributed by atoms with van der Waals surface area (Å²) < 4.78 is 93.2. The molecule has 4 heterocycles. The first-order valence-corrected chi connectivity index (χ1v) is 38.8. The van der Waals surface area contributed by atoms with Crippen molar-refractivity contribution < 1.29 is 74.5 Å². The summed E-state index contributed by atoms with van der Waals surface area (Å²) in [5.74, 6) is -4.70. The van der Waals surface area contributed by atoms with Gasteiger partial charge in [-0.2, -0.15) is 5.26 Å². The maximum atomic E-state index is 14.6. The number of nitriles is 1. The summed E-state index contributed by atoms with van der Waals surface area (Å²) in [7, 11) is 0. The fourth-order valence-electron chi connectivity index (χ4n) is 13.2. The Hall–Kier alpha value is -11.2. The number of anilines is 1. The van der Waals surface area contributed by atoms with Crippen LogP contribution in [-0.2, 0) is 33.3 Å². The molecule has 3 unspecified atom stereocenters. The lowest BCUT2D eigenvalue weighted by atomic mass is 9.85. The van der Waals surface area contributed by atoms with Gasteiger partial charge in [-0.15, -0.1) is 0 Å². The zero-order valence-corrected chi connectivity index (χ0v) is 69.1. The van der Waals surface area contributed by atoms with Crippen molar-refractivity contribution in [3.63, 3.8) is 0 Å². The van der Waals surface area contributed by atoms with Crippen LogP contribution >= 0.6 is 0 Å². The number of aryl methyl sites for hydroxylation is 3. The van der Waals surface area contributed by atoms with Crippen LogP contribution in [0.25, 0.3) is 45.0 Å². The molecule has 3 fully saturated rings. The maximum Gasteiger partial charge on any atom is 0.341 e. The zero-order chi connectivity index (χ0) is 85.5. The van der Waals surface area contributed by atoms with E-state index in [1.807, 2.05) is 20.0 Å². The summed E-state index contributed by atoms with van der Waals surface area (Å²) in [6, 6.07) is 19.0. The van der Waals surface area contributed by atoms with Crippen LogP contribution in [0.3, 0.4) is 0 Å². The molecule has 0 radical (unpaired) electrons. The Labute approximate surface area is 682 Å². The van der Waals surface area contributed by atoms with Crippen molar-refractivity contribution in [1.82, 2.24) is 39.9 Å². The number of ketones is 3. The molecule has 26 heteroatoms. The summed E-state index contributed by atoms with van der Waals surface area (Å²) in [6.07, 6.45) is 16.6. The van der Waals surface area contributed by atoms with Crippen LogP contribution < -0.4 is 5.73 Å². The Kier molecular flexibility index (Phi) is 31.8. The number of alkyl halides is 1. The monoisotopic (exact) mass is 1610 g/mol. The van der Waals surface area contributed by atoms with Crippen molar-refractivity contribution in [2.45, 2.75) is 267 Å². The highest BCUT2D eigenvalue weighted by molar-refractivity contribution is 5.93. The molecule has 4 aliphatic carbocycles. The average molecular weight is 1610 g/mol. The van der Waals surface area contributed by atoms with Gasteiger partial charge in [0.1, 0.15) is 68.8 Å². The van der Waals surface area contributed by atoms with Gasteiger partial charge in [0.15, 0.2) is 12.0 Å². The number of hydrogen-bond donors (Lipinski definition) is 1. The minimum atomic E-state index is -1.48. The number of carbonyl (C=O) groups is 7. The lowest BCUT2D eigenvalue weighted by Crippen LogP contribution is -2.25. The number of esters is 4. The Bertz CT molecular complexity index is 4880. The number of nitrogen functional groups attached to an aromatic ring is 1. The van der Waals surface area contributed by atoms with Gasteiger partial charge in [0.05, 0.1) is 91.5 Å². The summed E-state index contributed by atoms with van der Waals surface area (Å²) in [5.41, 5.74) is 13.3. The number of aromatic nitrogens is 8. The number of Topliss-reactive ketones (excluding diaryl/α,β-unsaturated/α-hetero) is 3. The zero-order valence-electron chi connectivity index (χ0n) is 69.1. The molecular weight excluding hydrogens is 1500 g/mol. The number of rotatable bonds is 12. The molecule has 117 heavy (non-hydrogen) atoms. The normalized spacial score (nSPS) is 16.5. The lowest BCUT2D eigenvalue weighted by Gasteiger charge is -2.23. The lowest BCUT2D eigenvalue weighted by molar-refractivity contribution is -0.126. The number of carbonyl (C=O) groups excluding carboxylic acids is 7. The first-order chi connectivity index (χ1) is 54.4. The molecule has 2 N–H and O–H groups in total. The van der Waals surface area contributed by atoms with Gasteiger partial charge < -0.3 is 24.7 Å². The largest absolute Gasteiger partial charge is 0.456 e. The van der Waals surface area contributed by atoms with Crippen molar-refractivity contribution in [2.75, 3.05) is 5.73 Å². The van der Waals surface area contributed by atoms with Crippen LogP contribution in [0.5, 0.6) is 0 Å². The van der Waals surface area contributed by atoms with Gasteiger partial charge in [0, 0.05) is 104 Å². The van der Waals surface area contributed by atoms with E-state index in [-0.39, 0.29) is 83.4 Å². The van der Waals surface area contributed by atoms with E-state index >= 15 is 0 Å². The van der Waals surface area contributed by atoms with Crippen LogP contribution in [0.1, 0.15) is 299 Å². The predicted octanol–water partition coefficient (Wildman–Crippen LogP) is 20.5. The van der Waals surface area contributed by atoms with E-state index in [9.17, 15) is 55.5 Å². The van der Waals surface area contributed by atoms with E-state index in [1.165, 1.54) is 61.0 Å². The van der Waals surface area contributed by atoms with E-state index in [1.54, 1.807) is 139 Å². The number of hydrogen-bond acceptors (Lipinski definition) is 21. The quantitative estimate of drug-likeness (QED) is 0.0514. The van der Waals surface area contributed by atoms with Crippen LogP contribution in [0.4, 0.5) is 27.8 Å². The van der Waals surface area contributed by atoms with Gasteiger partial charge in [-0.3, -0.25) is 29.3 Å². The third-order valence-electron chi connectivity index (χ3n) is 19.2. The number of ether oxygens (including phenoxy) is 4. The highest BCUT2D eigenvalue weighted by atomic mass is 19.1. The molecule has 4 aliphatic rings. The molecule has 0 saturated heterocycles. The van der Waals surface area contributed by atoms with Gasteiger partial charge in [-0.05, 0) is 217 Å². The molecule has 0 amide bonds. The van der Waals surface area contributed by atoms with Gasteiger partial charge in [0.2, 0.25) is 0 Å². The molecule has 0 aliphatic heterocycles. The van der Waals surface area contributed by atoms with Crippen molar-refractivity contribution >= 4 is 47.0 Å². The minimum absolute atomic E-state index is 0. The van der Waals surface area contributed by atoms with Crippen molar-refractivity contribution in [2.24, 2.45) is 0 Å². The minimum Gasteiger partial charge on any atom is -0.456 e. The fourth-order valence-corrected chi connectivity index (χ4v) is 13.2. The molecule has 622 valence electrons. The number of allylic oxidation sites excluding steroid dienone is 2. The highest BCUT2D eigenvalue weighted by Crippen LogP contribution is 2.39. The summed E-state index contributed by atoms with van der Waals surface area (Å²) >= 11 is 0. The Morgan fingerprint density at radius 2 is 0.701 bits per heavy atom. The summed E-state index contributed by atoms with van der Waals surface area (Å²) in [6.45, 7) is 29.8. The molecule has 4 aromatic heterocycles. The standard InChI is InChI=1S/C23H27FN2O2.C22H24F2N2O3.C22H25FN2O3.C21H24FN3O3.C2H3N.CH4/c1-14-6-8-16(9-7-14)20-13-25-15(2)21(26-20)17-10-11-18(19(24)12-17)22(27)28-23(3,4)5;1-12-20(26-18(11-25-12)13-6-8-19(27)17(24)9-13)14-5-7-15(16(23)10-14)21(28)29-22(2,3)4;1-13-20(25-19(12-24-13)14-5-8-16(26)9-6-14)15-7-10-17(18(23)11-15)21(27)28-22(2,3)4;1-21(2,3)28-20(27)15-9-6-13(10-16(15)22)18-19(23)24-11-17(25-18)12-4-7-14(26)8-5-12;1-2-3;/h6,10-13,16H,7-9H2,1-5H3;5,7,10-11,13,17H,6,8-9H2,1-4H3;7,10-12,14H,5-6,8-9H2,1-4H3;6,9-12H,4-5,7-8H2,1-3H3,(H2,23,24);1H3;1H4. The second-order valence-corrected chi connectivity index (χ2v) is 33.3. The molecule has 0 bridgehead atoms. The highest BCUT2D eigenvalue weighted by Gasteiger charge is 2.33. The Morgan fingerprint density at radius 1 is 0.427 bits per heavy atom. The number of halogens is 5. The van der Waals surface area contributed by atoms with Crippen LogP contribution in [-0.4, -0.2) is 110 Å². The third-order valence-corrected chi connectivity index (χ3v) is 19.2. The number of nitrogens with two attached hydrogens (primary N) is 1. The van der Waals surface area contributed by atoms with E-state index in [0.717, 1.165) is 67.7 Å².